The Kier molecular flexibility index (Phi) is 3.32. The topological polar surface area (TPSA) is 67.2 Å². The van der Waals surface area contributed by atoms with Crippen molar-refractivity contribution in [1.82, 2.24) is 9.78 Å². The molecule has 1 aromatic carbocycles. The normalized spacial score (nSPS) is 10.3. The van der Waals surface area contributed by atoms with Crippen LogP contribution in [-0.4, -0.2) is 27.4 Å². The molecule has 0 unspecified atom stereocenters. The van der Waals surface area contributed by atoms with Gasteiger partial charge in [-0.3, -0.25) is 4.79 Å². The molecule has 2 aromatic rings. The molecule has 0 aliphatic heterocycles. The number of hydrogen-bond donors (Lipinski definition) is 2. The highest BCUT2D eigenvalue weighted by Crippen LogP contribution is 2.21. The number of carbonyl (C=O) groups is 1. The second kappa shape index (κ2) is 4.91. The van der Waals surface area contributed by atoms with Crippen LogP contribution in [0.5, 0.6) is 0 Å². The molecule has 0 radical (unpaired) electrons. The average Bonchev–Trinajstić information content (AvgIpc) is 2.66. The zero-order valence-corrected chi connectivity index (χ0v) is 10.3. The molecule has 18 heavy (non-hydrogen) atoms. The lowest BCUT2D eigenvalue weighted by molar-refractivity contribution is -0.134. The third-order valence-electron chi connectivity index (χ3n) is 2.57. The van der Waals surface area contributed by atoms with Crippen molar-refractivity contribution in [3.63, 3.8) is 0 Å². The first-order valence-electron chi connectivity index (χ1n) is 5.66. The molecule has 0 saturated heterocycles. The van der Waals surface area contributed by atoms with Gasteiger partial charge in [-0.1, -0.05) is 12.1 Å². The molecule has 94 valence electrons. The number of carboxylic acids is 1. The number of nitrogens with one attached hydrogen (secondary N) is 1. The number of benzene rings is 1. The van der Waals surface area contributed by atoms with E-state index in [1.54, 1.807) is 4.68 Å². The maximum Gasteiger partial charge on any atom is 0.322 e. The lowest BCUT2D eigenvalue weighted by atomic mass is 10.2. The molecule has 2 N–H and O–H groups in total. The summed E-state index contributed by atoms with van der Waals surface area (Å²) < 4.78 is 1.81. The van der Waals surface area contributed by atoms with Crippen molar-refractivity contribution in [2.75, 3.05) is 11.9 Å². The minimum atomic E-state index is -0.891. The smallest absolute Gasteiger partial charge is 0.322 e. The molecular formula is C13H15N3O2. The number of nitrogens with zero attached hydrogens (tertiary/aromatic N) is 2. The van der Waals surface area contributed by atoms with Gasteiger partial charge < -0.3 is 10.4 Å². The number of carboxylic acid groups (broad SMARTS) is 1. The Hall–Kier alpha value is -2.30. The van der Waals surface area contributed by atoms with Gasteiger partial charge in [0, 0.05) is 5.69 Å². The number of rotatable bonds is 4. The first-order valence-corrected chi connectivity index (χ1v) is 5.66. The highest BCUT2D eigenvalue weighted by Gasteiger charge is 2.08. The standard InChI is InChI=1S/C13H15N3O2/c1-9-7-10(2)16(15-9)12-6-4-3-5-11(12)14-8-13(17)18/h3-7,14H,8H2,1-2H3,(H,17,18). The summed E-state index contributed by atoms with van der Waals surface area (Å²) in [6.45, 7) is 3.78. The lowest BCUT2D eigenvalue weighted by Gasteiger charge is -2.11. The van der Waals surface area contributed by atoms with E-state index in [1.807, 2.05) is 44.2 Å². The average molecular weight is 245 g/mol. The van der Waals surface area contributed by atoms with Gasteiger partial charge in [0.25, 0.3) is 0 Å². The van der Waals surface area contributed by atoms with Gasteiger partial charge in [-0.15, -0.1) is 0 Å². The molecule has 0 aliphatic carbocycles. The van der Waals surface area contributed by atoms with Gasteiger partial charge in [0.2, 0.25) is 0 Å². The molecule has 1 aromatic heterocycles. The van der Waals surface area contributed by atoms with Gasteiger partial charge in [0.15, 0.2) is 0 Å². The highest BCUT2D eigenvalue weighted by atomic mass is 16.4. The zero-order valence-electron chi connectivity index (χ0n) is 10.3. The first-order chi connectivity index (χ1) is 8.58. The Balaban J connectivity index is 2.38. The van der Waals surface area contributed by atoms with Crippen LogP contribution < -0.4 is 5.32 Å². The van der Waals surface area contributed by atoms with Crippen LogP contribution in [0, 0.1) is 13.8 Å². The predicted octanol–water partition coefficient (Wildman–Crippen LogP) is 1.99. The summed E-state index contributed by atoms with van der Waals surface area (Å²) in [5.41, 5.74) is 3.55. The van der Waals surface area contributed by atoms with Gasteiger partial charge in [-0.2, -0.15) is 5.10 Å². The van der Waals surface area contributed by atoms with Gasteiger partial charge in [-0.05, 0) is 32.0 Å². The molecule has 0 bridgehead atoms. The fraction of sp³-hybridized carbons (Fsp3) is 0.231. The molecule has 2 rings (SSSR count). The number of para-hydroxylation sites is 2. The van der Waals surface area contributed by atoms with E-state index in [1.165, 1.54) is 0 Å². The fourth-order valence-corrected chi connectivity index (χ4v) is 1.85. The van der Waals surface area contributed by atoms with Crippen LogP contribution in [-0.2, 0) is 4.79 Å². The number of hydrogen-bond acceptors (Lipinski definition) is 3. The van der Waals surface area contributed by atoms with Gasteiger partial charge in [0.1, 0.15) is 6.54 Å². The van der Waals surface area contributed by atoms with Crippen LogP contribution in [0.2, 0.25) is 0 Å². The molecule has 1 heterocycles. The Morgan fingerprint density at radius 3 is 2.72 bits per heavy atom. The molecule has 0 fully saturated rings. The van der Waals surface area contributed by atoms with Crippen molar-refractivity contribution in [2.45, 2.75) is 13.8 Å². The van der Waals surface area contributed by atoms with Crippen molar-refractivity contribution in [1.29, 1.82) is 0 Å². The SMILES string of the molecule is Cc1cc(C)n(-c2ccccc2NCC(=O)O)n1. The largest absolute Gasteiger partial charge is 0.480 e. The van der Waals surface area contributed by atoms with Gasteiger partial charge in [-0.25, -0.2) is 4.68 Å². The second-order valence-corrected chi connectivity index (χ2v) is 4.10. The number of aromatic nitrogens is 2. The number of aryl methyl sites for hydroxylation is 2. The number of anilines is 1. The molecule has 5 nitrogen and oxygen atoms in total. The maximum absolute atomic E-state index is 10.6. The van der Waals surface area contributed by atoms with Crippen LogP contribution in [0.3, 0.4) is 0 Å². The fourth-order valence-electron chi connectivity index (χ4n) is 1.85. The molecule has 0 amide bonds. The van der Waals surface area contributed by atoms with E-state index in [0.717, 1.165) is 22.8 Å². The summed E-state index contributed by atoms with van der Waals surface area (Å²) >= 11 is 0. The van der Waals surface area contributed by atoms with Crippen molar-refractivity contribution < 1.29 is 9.90 Å². The zero-order chi connectivity index (χ0) is 13.1. The molecule has 0 aliphatic rings. The van der Waals surface area contributed by atoms with E-state index in [9.17, 15) is 4.79 Å². The van der Waals surface area contributed by atoms with Crippen LogP contribution >= 0.6 is 0 Å². The quantitative estimate of drug-likeness (QED) is 0.864. The first kappa shape index (κ1) is 12.2. The summed E-state index contributed by atoms with van der Waals surface area (Å²) in [6.07, 6.45) is 0. The summed E-state index contributed by atoms with van der Waals surface area (Å²) in [4.78, 5) is 10.6. The van der Waals surface area contributed by atoms with Crippen molar-refractivity contribution in [2.24, 2.45) is 0 Å². The van der Waals surface area contributed by atoms with Crippen LogP contribution in [0.1, 0.15) is 11.4 Å². The van der Waals surface area contributed by atoms with Gasteiger partial charge in [0.05, 0.1) is 17.1 Å². The van der Waals surface area contributed by atoms with Crippen LogP contribution in [0.4, 0.5) is 5.69 Å². The molecular weight excluding hydrogens is 230 g/mol. The van der Waals surface area contributed by atoms with Crippen molar-refractivity contribution >= 4 is 11.7 Å². The van der Waals surface area contributed by atoms with Crippen molar-refractivity contribution in [3.05, 3.63) is 41.7 Å². The lowest BCUT2D eigenvalue weighted by Crippen LogP contribution is -2.14. The summed E-state index contributed by atoms with van der Waals surface area (Å²) in [5.74, 6) is -0.891. The van der Waals surface area contributed by atoms with E-state index in [2.05, 4.69) is 10.4 Å². The van der Waals surface area contributed by atoms with Crippen LogP contribution in [0.25, 0.3) is 5.69 Å². The van der Waals surface area contributed by atoms with E-state index in [0.29, 0.717) is 0 Å². The minimum Gasteiger partial charge on any atom is -0.480 e. The molecule has 0 spiro atoms. The van der Waals surface area contributed by atoms with E-state index < -0.39 is 5.97 Å². The Bertz CT molecular complexity index is 575. The summed E-state index contributed by atoms with van der Waals surface area (Å²) in [6, 6.07) is 9.49. The van der Waals surface area contributed by atoms with E-state index in [4.69, 9.17) is 5.11 Å². The molecule has 5 heteroatoms. The highest BCUT2D eigenvalue weighted by molar-refractivity contribution is 5.74. The Morgan fingerprint density at radius 1 is 1.39 bits per heavy atom. The van der Waals surface area contributed by atoms with E-state index >= 15 is 0 Å². The summed E-state index contributed by atoms with van der Waals surface area (Å²) in [5, 5.41) is 16.0. The van der Waals surface area contributed by atoms with Crippen molar-refractivity contribution in [3.8, 4) is 5.69 Å². The molecule has 0 saturated carbocycles. The second-order valence-electron chi connectivity index (χ2n) is 4.10. The minimum absolute atomic E-state index is 0.115. The van der Waals surface area contributed by atoms with Crippen LogP contribution in [0.15, 0.2) is 30.3 Å². The van der Waals surface area contributed by atoms with Gasteiger partial charge >= 0.3 is 5.97 Å². The molecule has 0 atom stereocenters. The third-order valence-corrected chi connectivity index (χ3v) is 2.57. The van der Waals surface area contributed by atoms with E-state index in [-0.39, 0.29) is 6.54 Å². The Morgan fingerprint density at radius 2 is 2.11 bits per heavy atom. The summed E-state index contributed by atoms with van der Waals surface area (Å²) in [7, 11) is 0. The maximum atomic E-state index is 10.6. The third kappa shape index (κ3) is 2.51. The predicted molar refractivity (Wildman–Crippen MR) is 69.2 cm³/mol. The monoisotopic (exact) mass is 245 g/mol. The Labute approximate surface area is 105 Å². The number of aliphatic carboxylic acids is 1.